The normalized spacial score (nSPS) is 11.3. The maximum atomic E-state index is 5.86. The van der Waals surface area contributed by atoms with Crippen molar-refractivity contribution in [3.63, 3.8) is 0 Å². The van der Waals surface area contributed by atoms with Gasteiger partial charge in [0.15, 0.2) is 12.0 Å². The molecule has 2 N–H and O–H groups in total. The molecule has 0 unspecified atom stereocenters. The number of rotatable bonds is 1. The van der Waals surface area contributed by atoms with Gasteiger partial charge in [0.1, 0.15) is 5.52 Å². The average molecular weight is 176 g/mol. The molecule has 0 atom stereocenters. The van der Waals surface area contributed by atoms with Gasteiger partial charge >= 0.3 is 0 Å². The van der Waals surface area contributed by atoms with E-state index in [9.17, 15) is 0 Å². The van der Waals surface area contributed by atoms with Crippen LogP contribution in [0.5, 0.6) is 0 Å². The van der Waals surface area contributed by atoms with E-state index in [4.69, 9.17) is 10.2 Å². The van der Waals surface area contributed by atoms with Crippen molar-refractivity contribution >= 4 is 16.8 Å². The second kappa shape index (κ2) is 2.76. The van der Waals surface area contributed by atoms with Crippen LogP contribution in [0.1, 0.15) is 25.3 Å². The van der Waals surface area contributed by atoms with Gasteiger partial charge < -0.3 is 10.2 Å². The van der Waals surface area contributed by atoms with Gasteiger partial charge in [0.25, 0.3) is 0 Å². The van der Waals surface area contributed by atoms with Crippen LogP contribution in [0.4, 0.5) is 5.69 Å². The van der Waals surface area contributed by atoms with Crippen LogP contribution in [-0.4, -0.2) is 4.98 Å². The topological polar surface area (TPSA) is 52.0 Å². The summed E-state index contributed by atoms with van der Waals surface area (Å²) in [4.78, 5) is 4.08. The van der Waals surface area contributed by atoms with Crippen molar-refractivity contribution in [2.24, 2.45) is 0 Å². The predicted octanol–water partition coefficient (Wildman–Crippen LogP) is 2.53. The molecule has 0 saturated heterocycles. The maximum Gasteiger partial charge on any atom is 0.181 e. The highest BCUT2D eigenvalue weighted by Gasteiger charge is 2.12. The largest absolute Gasteiger partial charge is 0.443 e. The molecule has 0 bridgehead atoms. The van der Waals surface area contributed by atoms with E-state index in [0.29, 0.717) is 5.92 Å². The van der Waals surface area contributed by atoms with Crippen molar-refractivity contribution in [1.29, 1.82) is 0 Å². The van der Waals surface area contributed by atoms with E-state index >= 15 is 0 Å². The van der Waals surface area contributed by atoms with Gasteiger partial charge in [-0.15, -0.1) is 0 Å². The predicted molar refractivity (Wildman–Crippen MR) is 52.5 cm³/mol. The van der Waals surface area contributed by atoms with E-state index < -0.39 is 0 Å². The van der Waals surface area contributed by atoms with E-state index in [2.05, 4.69) is 18.8 Å². The summed E-state index contributed by atoms with van der Waals surface area (Å²) < 4.78 is 5.30. The molecule has 0 fully saturated rings. The number of aromatic nitrogens is 1. The highest BCUT2D eigenvalue weighted by Crippen LogP contribution is 2.29. The summed E-state index contributed by atoms with van der Waals surface area (Å²) in [6.07, 6.45) is 1.45. The molecular weight excluding hydrogens is 164 g/mol. The Balaban J connectivity index is 2.80. The minimum absolute atomic E-state index is 0.358. The first kappa shape index (κ1) is 8.10. The monoisotopic (exact) mass is 176 g/mol. The first-order chi connectivity index (χ1) is 6.20. The van der Waals surface area contributed by atoms with Gasteiger partial charge in [0.2, 0.25) is 0 Å². The Morgan fingerprint density at radius 3 is 2.85 bits per heavy atom. The van der Waals surface area contributed by atoms with Crippen molar-refractivity contribution in [3.8, 4) is 0 Å². The lowest BCUT2D eigenvalue weighted by Crippen LogP contribution is -1.96. The lowest BCUT2D eigenvalue weighted by Gasteiger charge is -2.08. The van der Waals surface area contributed by atoms with Crippen molar-refractivity contribution in [1.82, 2.24) is 4.98 Å². The van der Waals surface area contributed by atoms with E-state index in [1.54, 1.807) is 0 Å². The molecule has 0 spiro atoms. The summed E-state index contributed by atoms with van der Waals surface area (Å²) in [5, 5.41) is 0. The van der Waals surface area contributed by atoms with E-state index in [1.165, 1.54) is 6.39 Å². The highest BCUT2D eigenvalue weighted by molar-refractivity contribution is 5.82. The number of nitrogen functional groups attached to an aromatic ring is 1. The van der Waals surface area contributed by atoms with Crippen molar-refractivity contribution in [3.05, 3.63) is 24.1 Å². The van der Waals surface area contributed by atoms with Gasteiger partial charge in [-0.05, 0) is 18.1 Å². The van der Waals surface area contributed by atoms with Gasteiger partial charge in [0.05, 0.1) is 0 Å². The summed E-state index contributed by atoms with van der Waals surface area (Å²) in [5.74, 6) is 0.358. The maximum absolute atomic E-state index is 5.86. The molecule has 68 valence electrons. The lowest BCUT2D eigenvalue weighted by molar-refractivity contribution is 0.595. The van der Waals surface area contributed by atoms with Crippen LogP contribution in [0.25, 0.3) is 11.1 Å². The number of fused-ring (bicyclic) bond motifs is 1. The molecule has 0 amide bonds. The van der Waals surface area contributed by atoms with Gasteiger partial charge in [0, 0.05) is 11.3 Å². The number of nitrogens with two attached hydrogens (primary N) is 1. The molecule has 0 aliphatic heterocycles. The highest BCUT2D eigenvalue weighted by atomic mass is 16.3. The summed E-state index contributed by atoms with van der Waals surface area (Å²) in [6.45, 7) is 4.18. The third kappa shape index (κ3) is 1.16. The van der Waals surface area contributed by atoms with Crippen LogP contribution < -0.4 is 5.73 Å². The smallest absolute Gasteiger partial charge is 0.181 e. The van der Waals surface area contributed by atoms with Crippen LogP contribution in [0.2, 0.25) is 0 Å². The Morgan fingerprint density at radius 2 is 2.15 bits per heavy atom. The number of hydrogen-bond donors (Lipinski definition) is 1. The first-order valence-electron chi connectivity index (χ1n) is 4.31. The molecular formula is C10H12N2O. The Hall–Kier alpha value is -1.51. The Bertz CT molecular complexity index is 431. The molecule has 2 aromatic rings. The second-order valence-corrected chi connectivity index (χ2v) is 3.42. The number of benzene rings is 1. The van der Waals surface area contributed by atoms with E-state index in [-0.39, 0.29) is 0 Å². The van der Waals surface area contributed by atoms with Crippen LogP contribution in [0.3, 0.4) is 0 Å². The van der Waals surface area contributed by atoms with Crippen molar-refractivity contribution in [2.45, 2.75) is 19.8 Å². The molecule has 1 aromatic carbocycles. The molecule has 1 aromatic heterocycles. The quantitative estimate of drug-likeness (QED) is 0.679. The Kier molecular flexibility index (Phi) is 1.72. The molecule has 2 rings (SSSR count). The number of anilines is 1. The number of nitrogens with zero attached hydrogens (tertiary/aromatic N) is 1. The fourth-order valence-electron chi connectivity index (χ4n) is 1.56. The lowest BCUT2D eigenvalue weighted by atomic mass is 10.0. The van der Waals surface area contributed by atoms with Gasteiger partial charge in [-0.1, -0.05) is 13.8 Å². The zero-order valence-corrected chi connectivity index (χ0v) is 7.74. The summed E-state index contributed by atoms with van der Waals surface area (Å²) in [6, 6.07) is 3.75. The standard InChI is InChI=1S/C10H12N2O/c1-6(2)9-7(11)3-4-8-10(9)13-5-12-8/h3-6H,11H2,1-2H3. The van der Waals surface area contributed by atoms with Gasteiger partial charge in [-0.2, -0.15) is 0 Å². The minimum atomic E-state index is 0.358. The van der Waals surface area contributed by atoms with Gasteiger partial charge in [-0.3, -0.25) is 0 Å². The zero-order valence-electron chi connectivity index (χ0n) is 7.74. The van der Waals surface area contributed by atoms with Crippen LogP contribution in [0, 0.1) is 0 Å². The summed E-state index contributed by atoms with van der Waals surface area (Å²) >= 11 is 0. The van der Waals surface area contributed by atoms with Crippen LogP contribution in [-0.2, 0) is 0 Å². The minimum Gasteiger partial charge on any atom is -0.443 e. The second-order valence-electron chi connectivity index (χ2n) is 3.42. The fraction of sp³-hybridized carbons (Fsp3) is 0.300. The molecule has 0 saturated carbocycles. The molecule has 13 heavy (non-hydrogen) atoms. The third-order valence-corrected chi connectivity index (χ3v) is 2.15. The number of hydrogen-bond acceptors (Lipinski definition) is 3. The van der Waals surface area contributed by atoms with E-state index in [0.717, 1.165) is 22.4 Å². The molecule has 0 radical (unpaired) electrons. The summed E-state index contributed by atoms with van der Waals surface area (Å²) in [5.41, 5.74) is 9.37. The number of oxazole rings is 1. The average Bonchev–Trinajstić information content (AvgIpc) is 2.50. The molecule has 0 aliphatic carbocycles. The molecule has 0 aliphatic rings. The fourth-order valence-corrected chi connectivity index (χ4v) is 1.56. The summed E-state index contributed by atoms with van der Waals surface area (Å²) in [7, 11) is 0. The van der Waals surface area contributed by atoms with Crippen molar-refractivity contribution < 1.29 is 4.42 Å². The van der Waals surface area contributed by atoms with Crippen LogP contribution >= 0.6 is 0 Å². The SMILES string of the molecule is CC(C)c1c(N)ccc2ncoc12. The first-order valence-corrected chi connectivity index (χ1v) is 4.31. The molecule has 3 nitrogen and oxygen atoms in total. The Labute approximate surface area is 76.6 Å². The van der Waals surface area contributed by atoms with E-state index in [1.807, 2.05) is 12.1 Å². The third-order valence-electron chi connectivity index (χ3n) is 2.15. The van der Waals surface area contributed by atoms with Gasteiger partial charge in [-0.25, -0.2) is 4.98 Å². The van der Waals surface area contributed by atoms with Crippen molar-refractivity contribution in [2.75, 3.05) is 5.73 Å². The molecule has 1 heterocycles. The van der Waals surface area contributed by atoms with Crippen LogP contribution in [0.15, 0.2) is 22.9 Å². The Morgan fingerprint density at radius 1 is 1.38 bits per heavy atom. The zero-order chi connectivity index (χ0) is 9.42. The molecule has 3 heteroatoms.